The van der Waals surface area contributed by atoms with Gasteiger partial charge in [-0.1, -0.05) is 0 Å². The monoisotopic (exact) mass is 361 g/mol. The van der Waals surface area contributed by atoms with E-state index in [9.17, 15) is 19.3 Å². The average Bonchev–Trinajstić information content (AvgIpc) is 2.59. The van der Waals surface area contributed by atoms with Crippen LogP contribution in [-0.2, 0) is 4.74 Å². The second-order valence-corrected chi connectivity index (χ2v) is 5.35. The fourth-order valence-electron chi connectivity index (χ4n) is 1.99. The molecule has 136 valence electrons. The van der Waals surface area contributed by atoms with Crippen LogP contribution in [0.5, 0.6) is 11.6 Å². The topological polar surface area (TPSA) is 94.8 Å². The molecule has 9 heteroatoms. The van der Waals surface area contributed by atoms with Gasteiger partial charge in [0, 0.05) is 26.2 Å². The van der Waals surface area contributed by atoms with Crippen molar-refractivity contribution in [3.05, 3.63) is 63.7 Å². The van der Waals surface area contributed by atoms with E-state index >= 15 is 0 Å². The van der Waals surface area contributed by atoms with Crippen LogP contribution < -0.4 is 4.74 Å². The predicted octanol–water partition coefficient (Wildman–Crippen LogP) is 3.24. The van der Waals surface area contributed by atoms with Gasteiger partial charge in [0.25, 0.3) is 5.69 Å². The maximum absolute atomic E-state index is 13.5. The number of carbonyl (C=O) groups excluding carboxylic acids is 1. The molecule has 8 nitrogen and oxygen atoms in total. The third-order valence-corrected chi connectivity index (χ3v) is 3.20. The molecule has 0 aliphatic carbocycles. The number of ether oxygens (including phenoxy) is 2. The zero-order chi connectivity index (χ0) is 19.3. The van der Waals surface area contributed by atoms with E-state index in [0.717, 1.165) is 18.3 Å². The lowest BCUT2D eigenvalue weighted by Gasteiger charge is -2.10. The summed E-state index contributed by atoms with van der Waals surface area (Å²) in [5.41, 5.74) is 0.0204. The quantitative estimate of drug-likeness (QED) is 0.443. The molecule has 1 heterocycles. The van der Waals surface area contributed by atoms with Crippen molar-refractivity contribution in [3.8, 4) is 11.6 Å². The van der Waals surface area contributed by atoms with Crippen LogP contribution in [0, 0.1) is 15.9 Å². The number of hydrogen-bond acceptors (Lipinski definition) is 7. The van der Waals surface area contributed by atoms with Gasteiger partial charge in [0.15, 0.2) is 0 Å². The van der Waals surface area contributed by atoms with Gasteiger partial charge >= 0.3 is 5.97 Å². The first-order valence-electron chi connectivity index (χ1n) is 7.36. The van der Waals surface area contributed by atoms with Crippen molar-refractivity contribution in [1.29, 1.82) is 0 Å². The third-order valence-electron chi connectivity index (χ3n) is 3.20. The lowest BCUT2D eigenvalue weighted by Crippen LogP contribution is -2.05. The van der Waals surface area contributed by atoms with Gasteiger partial charge in [-0.15, -0.1) is 0 Å². The standard InChI is InChI=1S/C17H16FN3O5/c1-20(2)7-6-11-8-16(19-10-14(11)21(23)24)26-15-9-12(18)4-5-13(15)17(22)25-3/h4-10H,1-3H3/b7-6+. The number of esters is 1. The normalized spacial score (nSPS) is 10.6. The first kappa shape index (κ1) is 18.8. The van der Waals surface area contributed by atoms with E-state index in [-0.39, 0.29) is 28.4 Å². The van der Waals surface area contributed by atoms with Crippen molar-refractivity contribution in [1.82, 2.24) is 9.88 Å². The van der Waals surface area contributed by atoms with Gasteiger partial charge in [0.05, 0.1) is 17.6 Å². The first-order valence-corrected chi connectivity index (χ1v) is 7.36. The Morgan fingerprint density at radius 1 is 1.35 bits per heavy atom. The van der Waals surface area contributed by atoms with E-state index in [0.29, 0.717) is 0 Å². The van der Waals surface area contributed by atoms with Crippen molar-refractivity contribution >= 4 is 17.7 Å². The Morgan fingerprint density at radius 3 is 2.69 bits per heavy atom. The predicted molar refractivity (Wildman–Crippen MR) is 91.4 cm³/mol. The molecule has 0 aliphatic rings. The number of benzene rings is 1. The highest BCUT2D eigenvalue weighted by atomic mass is 19.1. The number of halogens is 1. The molecule has 0 radical (unpaired) electrons. The second kappa shape index (κ2) is 8.06. The molecule has 0 atom stereocenters. The van der Waals surface area contributed by atoms with Crippen molar-refractivity contribution in [2.75, 3.05) is 21.2 Å². The number of aromatic nitrogens is 1. The fourth-order valence-corrected chi connectivity index (χ4v) is 1.99. The summed E-state index contributed by atoms with van der Waals surface area (Å²) in [7, 11) is 4.70. The number of hydrogen-bond donors (Lipinski definition) is 0. The fraction of sp³-hybridized carbons (Fsp3) is 0.176. The molecule has 0 bridgehead atoms. The number of pyridine rings is 1. The van der Waals surface area contributed by atoms with Crippen LogP contribution in [0.25, 0.3) is 6.08 Å². The van der Waals surface area contributed by atoms with Crippen molar-refractivity contribution < 1.29 is 23.6 Å². The SMILES string of the molecule is COC(=O)c1ccc(F)cc1Oc1cc(/C=C/N(C)C)c([N+](=O)[O-])cn1. The van der Waals surface area contributed by atoms with Gasteiger partial charge < -0.3 is 14.4 Å². The zero-order valence-corrected chi connectivity index (χ0v) is 14.3. The Morgan fingerprint density at radius 2 is 2.08 bits per heavy atom. The maximum Gasteiger partial charge on any atom is 0.341 e. The van der Waals surface area contributed by atoms with Gasteiger partial charge in [0.1, 0.15) is 23.3 Å². The van der Waals surface area contributed by atoms with Gasteiger partial charge in [0.2, 0.25) is 5.88 Å². The highest BCUT2D eigenvalue weighted by Crippen LogP contribution is 2.29. The molecular formula is C17H16FN3O5. The van der Waals surface area contributed by atoms with E-state index < -0.39 is 16.7 Å². The summed E-state index contributed by atoms with van der Waals surface area (Å²) in [5, 5.41) is 11.1. The molecule has 0 saturated heterocycles. The molecule has 1 aromatic heterocycles. The van der Waals surface area contributed by atoms with Crippen LogP contribution >= 0.6 is 0 Å². The molecule has 0 fully saturated rings. The summed E-state index contributed by atoms with van der Waals surface area (Å²) in [6.07, 6.45) is 4.16. The molecule has 2 aromatic rings. The third kappa shape index (κ3) is 4.53. The highest BCUT2D eigenvalue weighted by molar-refractivity contribution is 5.92. The lowest BCUT2D eigenvalue weighted by molar-refractivity contribution is -0.385. The Balaban J connectivity index is 2.44. The molecule has 26 heavy (non-hydrogen) atoms. The summed E-state index contributed by atoms with van der Waals surface area (Å²) in [6.45, 7) is 0. The molecule has 0 N–H and O–H groups in total. The Bertz CT molecular complexity index is 867. The lowest BCUT2D eigenvalue weighted by atomic mass is 10.2. The molecule has 0 spiro atoms. The second-order valence-electron chi connectivity index (χ2n) is 5.35. The Kier molecular flexibility index (Phi) is 5.84. The Labute approximate surface area is 148 Å². The van der Waals surface area contributed by atoms with Crippen LogP contribution in [0.15, 0.2) is 36.7 Å². The zero-order valence-electron chi connectivity index (χ0n) is 14.3. The molecule has 0 saturated carbocycles. The van der Waals surface area contributed by atoms with Gasteiger partial charge in [-0.3, -0.25) is 10.1 Å². The number of nitrogens with zero attached hydrogens (tertiary/aromatic N) is 3. The molecule has 2 rings (SSSR count). The average molecular weight is 361 g/mol. The summed E-state index contributed by atoms with van der Waals surface area (Å²) in [4.78, 5) is 27.9. The van der Waals surface area contributed by atoms with Crippen molar-refractivity contribution in [3.63, 3.8) is 0 Å². The highest BCUT2D eigenvalue weighted by Gasteiger charge is 2.18. The molecule has 0 aliphatic heterocycles. The number of rotatable bonds is 6. The summed E-state index contributed by atoms with van der Waals surface area (Å²) in [6, 6.07) is 4.64. The van der Waals surface area contributed by atoms with Crippen LogP contribution in [0.4, 0.5) is 10.1 Å². The van der Waals surface area contributed by atoms with E-state index in [2.05, 4.69) is 9.72 Å². The van der Waals surface area contributed by atoms with E-state index in [1.807, 2.05) is 0 Å². The largest absolute Gasteiger partial charge is 0.465 e. The molecule has 1 aromatic carbocycles. The first-order chi connectivity index (χ1) is 12.3. The number of carbonyl (C=O) groups is 1. The molecule has 0 unspecified atom stereocenters. The summed E-state index contributed by atoms with van der Waals surface area (Å²) < 4.78 is 23.6. The summed E-state index contributed by atoms with van der Waals surface area (Å²) >= 11 is 0. The van der Waals surface area contributed by atoms with Crippen molar-refractivity contribution in [2.45, 2.75) is 0 Å². The molecule has 0 amide bonds. The summed E-state index contributed by atoms with van der Waals surface area (Å²) in [5.74, 6) is -1.48. The van der Waals surface area contributed by atoms with Gasteiger partial charge in [-0.2, -0.15) is 0 Å². The van der Waals surface area contributed by atoms with Crippen LogP contribution in [-0.4, -0.2) is 42.0 Å². The molecular weight excluding hydrogens is 345 g/mol. The minimum Gasteiger partial charge on any atom is -0.465 e. The minimum atomic E-state index is -0.713. The van der Waals surface area contributed by atoms with Crippen molar-refractivity contribution in [2.24, 2.45) is 0 Å². The minimum absolute atomic E-state index is 0.000522. The smallest absolute Gasteiger partial charge is 0.341 e. The van der Waals surface area contributed by atoms with Gasteiger partial charge in [-0.05, 0) is 24.4 Å². The van der Waals surface area contributed by atoms with E-state index in [4.69, 9.17) is 4.74 Å². The maximum atomic E-state index is 13.5. The van der Waals surface area contributed by atoms with Gasteiger partial charge in [-0.25, -0.2) is 14.2 Å². The van der Waals surface area contributed by atoms with E-state index in [1.165, 1.54) is 25.3 Å². The van der Waals surface area contributed by atoms with E-state index in [1.54, 1.807) is 25.2 Å². The van der Waals surface area contributed by atoms with Crippen LogP contribution in [0.2, 0.25) is 0 Å². The van der Waals surface area contributed by atoms with Crippen LogP contribution in [0.3, 0.4) is 0 Å². The number of nitro groups is 1. The van der Waals surface area contributed by atoms with Crippen LogP contribution in [0.1, 0.15) is 15.9 Å². The number of methoxy groups -OCH3 is 1. The Hall–Kier alpha value is -3.49.